The number of nitrogens with one attached hydrogen (secondary N) is 1. The minimum Gasteiger partial charge on any atom is -0.379 e. The van der Waals surface area contributed by atoms with Crippen molar-refractivity contribution in [1.29, 1.82) is 0 Å². The molecule has 0 spiro atoms. The van der Waals surface area contributed by atoms with Crippen molar-refractivity contribution in [1.82, 2.24) is 10.2 Å². The number of rotatable bonds is 5. The maximum Gasteiger partial charge on any atom is 0.0594 e. The fraction of sp³-hybridized carbons (Fsp3) is 0.647. The van der Waals surface area contributed by atoms with E-state index in [2.05, 4.69) is 50.0 Å². The predicted molar refractivity (Wildman–Crippen MR) is 84.2 cm³/mol. The van der Waals surface area contributed by atoms with Gasteiger partial charge in [-0.2, -0.15) is 0 Å². The molecule has 112 valence electrons. The second-order valence-electron chi connectivity index (χ2n) is 6.07. The molecule has 0 saturated carbocycles. The summed E-state index contributed by atoms with van der Waals surface area (Å²) in [6.07, 6.45) is 0. The molecule has 1 aromatic carbocycles. The summed E-state index contributed by atoms with van der Waals surface area (Å²) in [7, 11) is 0. The molecule has 1 aliphatic heterocycles. The van der Waals surface area contributed by atoms with Crippen molar-refractivity contribution in [3.05, 3.63) is 34.4 Å². The summed E-state index contributed by atoms with van der Waals surface area (Å²) in [6, 6.07) is 5.06. The predicted octanol–water partition coefficient (Wildman–Crippen LogP) is 2.42. The zero-order chi connectivity index (χ0) is 14.5. The Morgan fingerprint density at radius 1 is 1.15 bits per heavy atom. The molecule has 1 fully saturated rings. The van der Waals surface area contributed by atoms with Crippen LogP contribution in [-0.4, -0.2) is 43.8 Å². The number of nitrogens with zero attached hydrogens (tertiary/aromatic N) is 1. The van der Waals surface area contributed by atoms with Gasteiger partial charge in [0.2, 0.25) is 0 Å². The normalized spacial score (nSPS) is 18.2. The van der Waals surface area contributed by atoms with E-state index >= 15 is 0 Å². The number of benzene rings is 1. The first-order valence-electron chi connectivity index (χ1n) is 7.66. The smallest absolute Gasteiger partial charge is 0.0594 e. The van der Waals surface area contributed by atoms with Gasteiger partial charge in [-0.25, -0.2) is 0 Å². The minimum absolute atomic E-state index is 0.508. The molecule has 3 nitrogen and oxygen atoms in total. The molecule has 0 aliphatic carbocycles. The first-order valence-corrected chi connectivity index (χ1v) is 7.66. The van der Waals surface area contributed by atoms with Crippen molar-refractivity contribution in [2.75, 3.05) is 32.8 Å². The lowest BCUT2D eigenvalue weighted by atomic mass is 9.99. The van der Waals surface area contributed by atoms with E-state index in [0.717, 1.165) is 39.4 Å². The molecule has 0 radical (unpaired) electrons. The summed E-state index contributed by atoms with van der Waals surface area (Å²) < 4.78 is 5.39. The average molecular weight is 276 g/mol. The average Bonchev–Trinajstić information content (AvgIpc) is 2.38. The summed E-state index contributed by atoms with van der Waals surface area (Å²) in [5.41, 5.74) is 5.59. The van der Waals surface area contributed by atoms with E-state index < -0.39 is 0 Å². The molecular formula is C17H28N2O. The fourth-order valence-electron chi connectivity index (χ4n) is 3.00. The second-order valence-corrected chi connectivity index (χ2v) is 6.07. The van der Waals surface area contributed by atoms with Crippen molar-refractivity contribution < 1.29 is 4.74 Å². The Morgan fingerprint density at radius 3 is 2.35 bits per heavy atom. The third kappa shape index (κ3) is 4.30. The van der Waals surface area contributed by atoms with Crippen LogP contribution in [0.3, 0.4) is 0 Å². The van der Waals surface area contributed by atoms with Crippen molar-refractivity contribution in [3.63, 3.8) is 0 Å². The van der Waals surface area contributed by atoms with E-state index in [1.54, 1.807) is 0 Å². The topological polar surface area (TPSA) is 24.5 Å². The molecule has 1 saturated heterocycles. The maximum atomic E-state index is 5.39. The lowest BCUT2D eigenvalue weighted by Gasteiger charge is -2.29. The van der Waals surface area contributed by atoms with Gasteiger partial charge < -0.3 is 10.1 Å². The molecule has 3 heteroatoms. The molecule has 0 aromatic heterocycles. The number of aryl methyl sites for hydroxylation is 3. The molecule has 1 unspecified atom stereocenters. The fourth-order valence-corrected chi connectivity index (χ4v) is 3.00. The molecule has 1 N–H and O–H groups in total. The van der Waals surface area contributed by atoms with Gasteiger partial charge in [0.15, 0.2) is 0 Å². The van der Waals surface area contributed by atoms with Crippen molar-refractivity contribution in [3.8, 4) is 0 Å². The Bertz CT molecular complexity index is 416. The van der Waals surface area contributed by atoms with Crippen LogP contribution >= 0.6 is 0 Å². The van der Waals surface area contributed by atoms with E-state index in [1.807, 2.05) is 0 Å². The van der Waals surface area contributed by atoms with Crippen LogP contribution in [0.4, 0.5) is 0 Å². The van der Waals surface area contributed by atoms with Crippen LogP contribution in [0.2, 0.25) is 0 Å². The van der Waals surface area contributed by atoms with Crippen molar-refractivity contribution in [2.24, 2.45) is 0 Å². The van der Waals surface area contributed by atoms with E-state index in [9.17, 15) is 0 Å². The van der Waals surface area contributed by atoms with Crippen LogP contribution in [0.25, 0.3) is 0 Å². The van der Waals surface area contributed by atoms with Gasteiger partial charge in [-0.15, -0.1) is 0 Å². The summed E-state index contributed by atoms with van der Waals surface area (Å²) in [6.45, 7) is 14.8. The van der Waals surface area contributed by atoms with Gasteiger partial charge in [0.1, 0.15) is 0 Å². The van der Waals surface area contributed by atoms with Gasteiger partial charge in [-0.1, -0.05) is 17.7 Å². The van der Waals surface area contributed by atoms with Crippen LogP contribution in [0.1, 0.15) is 29.2 Å². The molecule has 2 rings (SSSR count). The number of hydrogen-bond donors (Lipinski definition) is 1. The lowest BCUT2D eigenvalue weighted by Crippen LogP contribution is -2.44. The van der Waals surface area contributed by atoms with Crippen LogP contribution in [0, 0.1) is 20.8 Å². The Morgan fingerprint density at radius 2 is 1.75 bits per heavy atom. The highest BCUT2D eigenvalue weighted by atomic mass is 16.5. The van der Waals surface area contributed by atoms with Crippen molar-refractivity contribution in [2.45, 2.75) is 40.3 Å². The van der Waals surface area contributed by atoms with E-state index in [0.29, 0.717) is 6.04 Å². The second kappa shape index (κ2) is 7.21. The third-order valence-electron chi connectivity index (χ3n) is 4.10. The van der Waals surface area contributed by atoms with Crippen molar-refractivity contribution >= 4 is 0 Å². The number of hydrogen-bond acceptors (Lipinski definition) is 3. The Labute approximate surface area is 123 Å². The van der Waals surface area contributed by atoms with E-state index in [-0.39, 0.29) is 0 Å². The van der Waals surface area contributed by atoms with E-state index in [1.165, 1.54) is 22.3 Å². The summed E-state index contributed by atoms with van der Waals surface area (Å²) in [4.78, 5) is 2.48. The first kappa shape index (κ1) is 15.5. The lowest BCUT2D eigenvalue weighted by molar-refractivity contribution is 0.0343. The Balaban J connectivity index is 1.85. The standard InChI is InChI=1S/C17H28N2O/c1-13-9-14(2)17(15(3)10-13)11-18-16(4)12-19-5-7-20-8-6-19/h9-10,16,18H,5-8,11-12H2,1-4H3. The van der Waals surface area contributed by atoms with Crippen LogP contribution < -0.4 is 5.32 Å². The van der Waals surface area contributed by atoms with Crippen LogP contribution in [0.15, 0.2) is 12.1 Å². The third-order valence-corrected chi connectivity index (χ3v) is 4.10. The highest BCUT2D eigenvalue weighted by Gasteiger charge is 2.13. The SMILES string of the molecule is Cc1cc(C)c(CNC(C)CN2CCOCC2)c(C)c1. The molecule has 1 aliphatic rings. The van der Waals surface area contributed by atoms with Gasteiger partial charge in [0.05, 0.1) is 13.2 Å². The monoisotopic (exact) mass is 276 g/mol. The molecule has 1 atom stereocenters. The first-order chi connectivity index (χ1) is 9.56. The Hall–Kier alpha value is -0.900. The zero-order valence-corrected chi connectivity index (χ0v) is 13.3. The summed E-state index contributed by atoms with van der Waals surface area (Å²) >= 11 is 0. The van der Waals surface area contributed by atoms with Gasteiger partial charge in [-0.3, -0.25) is 4.90 Å². The molecule has 1 aromatic rings. The number of ether oxygens (including phenoxy) is 1. The van der Waals surface area contributed by atoms with Gasteiger partial charge in [0.25, 0.3) is 0 Å². The van der Waals surface area contributed by atoms with E-state index in [4.69, 9.17) is 4.74 Å². The van der Waals surface area contributed by atoms with Crippen LogP contribution in [-0.2, 0) is 11.3 Å². The summed E-state index contributed by atoms with van der Waals surface area (Å²) in [5.74, 6) is 0. The molecular weight excluding hydrogens is 248 g/mol. The quantitative estimate of drug-likeness (QED) is 0.894. The van der Waals surface area contributed by atoms with Gasteiger partial charge >= 0.3 is 0 Å². The summed E-state index contributed by atoms with van der Waals surface area (Å²) in [5, 5.41) is 3.66. The zero-order valence-electron chi connectivity index (χ0n) is 13.3. The largest absolute Gasteiger partial charge is 0.379 e. The highest BCUT2D eigenvalue weighted by Crippen LogP contribution is 2.16. The van der Waals surface area contributed by atoms with Crippen LogP contribution in [0.5, 0.6) is 0 Å². The molecule has 1 heterocycles. The molecule has 0 amide bonds. The maximum absolute atomic E-state index is 5.39. The van der Waals surface area contributed by atoms with Gasteiger partial charge in [0, 0.05) is 32.2 Å². The van der Waals surface area contributed by atoms with Gasteiger partial charge in [-0.05, 0) is 44.4 Å². The molecule has 0 bridgehead atoms. The Kier molecular flexibility index (Phi) is 5.58. The number of morpholine rings is 1. The molecule has 20 heavy (non-hydrogen) atoms. The highest BCUT2D eigenvalue weighted by molar-refractivity contribution is 5.37. The minimum atomic E-state index is 0.508.